The number of aryl methyl sites for hydroxylation is 1. The number of nitrogens with one attached hydrogen (secondary N) is 1. The van der Waals surface area contributed by atoms with Crippen molar-refractivity contribution < 1.29 is 5.11 Å². The fourth-order valence-corrected chi connectivity index (χ4v) is 4.51. The van der Waals surface area contributed by atoms with Crippen molar-refractivity contribution in [1.82, 2.24) is 9.88 Å². The van der Waals surface area contributed by atoms with E-state index < -0.39 is 0 Å². The summed E-state index contributed by atoms with van der Waals surface area (Å²) in [5.74, 6) is 0.878. The SMILES string of the molecule is CC[C@H]1CN2CCc3c([nH]c4ccccc34)CC[C@H](C2)[C@H]1O. The number of hydrogen-bond acceptors (Lipinski definition) is 2. The Morgan fingerprint density at radius 1 is 1.23 bits per heavy atom. The molecule has 0 saturated carbocycles. The number of piperidine rings is 1. The number of hydrogen-bond donors (Lipinski definition) is 2. The largest absolute Gasteiger partial charge is 0.392 e. The number of benzene rings is 1. The zero-order chi connectivity index (χ0) is 15.1. The number of fused-ring (bicyclic) bond motifs is 5. The molecule has 2 aliphatic rings. The average molecular weight is 298 g/mol. The highest BCUT2D eigenvalue weighted by Crippen LogP contribution is 2.32. The number of H-pyrrole nitrogens is 1. The molecule has 1 fully saturated rings. The van der Waals surface area contributed by atoms with E-state index in [1.165, 1.54) is 22.2 Å². The van der Waals surface area contributed by atoms with Gasteiger partial charge in [0.1, 0.15) is 0 Å². The molecule has 1 saturated heterocycles. The number of rotatable bonds is 1. The summed E-state index contributed by atoms with van der Waals surface area (Å²) in [5, 5.41) is 12.0. The van der Waals surface area contributed by atoms with Gasteiger partial charge < -0.3 is 15.0 Å². The molecule has 0 aliphatic carbocycles. The van der Waals surface area contributed by atoms with Crippen LogP contribution in [-0.2, 0) is 12.8 Å². The summed E-state index contributed by atoms with van der Waals surface area (Å²) in [5.41, 5.74) is 4.17. The number of aliphatic hydroxyl groups excluding tert-OH is 1. The number of aromatic nitrogens is 1. The van der Waals surface area contributed by atoms with Crippen LogP contribution in [0.1, 0.15) is 31.0 Å². The van der Waals surface area contributed by atoms with Crippen molar-refractivity contribution in [2.45, 2.75) is 38.7 Å². The maximum Gasteiger partial charge on any atom is 0.0620 e. The highest BCUT2D eigenvalue weighted by atomic mass is 16.3. The molecule has 3 heterocycles. The van der Waals surface area contributed by atoms with Gasteiger partial charge in [-0.25, -0.2) is 0 Å². The van der Waals surface area contributed by atoms with E-state index in [9.17, 15) is 5.11 Å². The normalized spacial score (nSPS) is 32.1. The minimum Gasteiger partial charge on any atom is -0.392 e. The van der Waals surface area contributed by atoms with Crippen LogP contribution in [-0.4, -0.2) is 40.7 Å². The molecule has 2 N–H and O–H groups in total. The lowest BCUT2D eigenvalue weighted by molar-refractivity contribution is -0.0251. The third-order valence-corrected chi connectivity index (χ3v) is 5.82. The highest BCUT2D eigenvalue weighted by molar-refractivity contribution is 5.84. The Morgan fingerprint density at radius 2 is 2.09 bits per heavy atom. The van der Waals surface area contributed by atoms with Crippen molar-refractivity contribution in [2.24, 2.45) is 11.8 Å². The van der Waals surface area contributed by atoms with Crippen molar-refractivity contribution in [2.75, 3.05) is 19.6 Å². The molecule has 2 aliphatic heterocycles. The quantitative estimate of drug-likeness (QED) is 0.849. The van der Waals surface area contributed by atoms with Crippen LogP contribution >= 0.6 is 0 Å². The molecule has 1 aromatic heterocycles. The molecular weight excluding hydrogens is 272 g/mol. The summed E-state index contributed by atoms with van der Waals surface area (Å²) in [4.78, 5) is 6.22. The van der Waals surface area contributed by atoms with Gasteiger partial charge in [-0.3, -0.25) is 0 Å². The van der Waals surface area contributed by atoms with Gasteiger partial charge in [0.15, 0.2) is 0 Å². The lowest BCUT2D eigenvalue weighted by atomic mass is 9.82. The van der Waals surface area contributed by atoms with Gasteiger partial charge >= 0.3 is 0 Å². The number of aliphatic hydroxyl groups is 1. The van der Waals surface area contributed by atoms with Crippen molar-refractivity contribution in [1.29, 1.82) is 0 Å². The maximum absolute atomic E-state index is 10.6. The van der Waals surface area contributed by atoms with Gasteiger partial charge in [0.05, 0.1) is 6.10 Å². The lowest BCUT2D eigenvalue weighted by Gasteiger charge is -2.41. The minimum absolute atomic E-state index is 0.118. The fourth-order valence-electron chi connectivity index (χ4n) is 4.51. The minimum atomic E-state index is -0.118. The average Bonchev–Trinajstić information content (AvgIpc) is 2.91. The van der Waals surface area contributed by atoms with Crippen LogP contribution in [0.5, 0.6) is 0 Å². The van der Waals surface area contributed by atoms with E-state index in [0.29, 0.717) is 11.8 Å². The van der Waals surface area contributed by atoms with Gasteiger partial charge in [0.2, 0.25) is 0 Å². The predicted octanol–water partition coefficient (Wildman–Crippen LogP) is 2.98. The second-order valence-electron chi connectivity index (χ2n) is 7.09. The molecule has 2 bridgehead atoms. The van der Waals surface area contributed by atoms with Crippen molar-refractivity contribution in [3.63, 3.8) is 0 Å². The molecule has 118 valence electrons. The Morgan fingerprint density at radius 3 is 2.95 bits per heavy atom. The first-order valence-electron chi connectivity index (χ1n) is 8.75. The number of para-hydroxylation sites is 1. The van der Waals surface area contributed by atoms with Crippen molar-refractivity contribution >= 4 is 10.9 Å². The van der Waals surface area contributed by atoms with E-state index in [1.54, 1.807) is 0 Å². The van der Waals surface area contributed by atoms with Crippen LogP contribution < -0.4 is 0 Å². The van der Waals surface area contributed by atoms with E-state index in [4.69, 9.17) is 0 Å². The molecule has 3 heteroatoms. The van der Waals surface area contributed by atoms with Gasteiger partial charge in [-0.1, -0.05) is 25.1 Å². The highest BCUT2D eigenvalue weighted by Gasteiger charge is 2.35. The van der Waals surface area contributed by atoms with Crippen LogP contribution in [0.4, 0.5) is 0 Å². The molecule has 2 aromatic rings. The predicted molar refractivity (Wildman–Crippen MR) is 90.0 cm³/mol. The fraction of sp³-hybridized carbons (Fsp3) is 0.579. The Bertz CT molecular complexity index is 662. The molecule has 0 spiro atoms. The second kappa shape index (κ2) is 5.71. The van der Waals surface area contributed by atoms with Crippen molar-refractivity contribution in [3.8, 4) is 0 Å². The summed E-state index contributed by atoms with van der Waals surface area (Å²) >= 11 is 0. The van der Waals surface area contributed by atoms with Crippen LogP contribution in [0.15, 0.2) is 24.3 Å². The van der Waals surface area contributed by atoms with Gasteiger partial charge in [-0.15, -0.1) is 0 Å². The monoisotopic (exact) mass is 298 g/mol. The number of nitrogens with zero attached hydrogens (tertiary/aromatic N) is 1. The van der Waals surface area contributed by atoms with E-state index in [1.807, 2.05) is 0 Å². The second-order valence-corrected chi connectivity index (χ2v) is 7.09. The zero-order valence-electron chi connectivity index (χ0n) is 13.4. The third kappa shape index (κ3) is 2.37. The molecule has 3 nitrogen and oxygen atoms in total. The molecule has 4 atom stereocenters. The maximum atomic E-state index is 10.6. The first-order valence-corrected chi connectivity index (χ1v) is 8.75. The Balaban J connectivity index is 1.68. The van der Waals surface area contributed by atoms with Crippen molar-refractivity contribution in [3.05, 3.63) is 35.5 Å². The molecule has 1 aromatic carbocycles. The van der Waals surface area contributed by atoms with Gasteiger partial charge in [0.25, 0.3) is 0 Å². The van der Waals surface area contributed by atoms with Gasteiger partial charge in [0, 0.05) is 36.2 Å². The smallest absolute Gasteiger partial charge is 0.0620 e. The zero-order valence-corrected chi connectivity index (χ0v) is 13.4. The van der Waals surface area contributed by atoms with E-state index >= 15 is 0 Å². The summed E-state index contributed by atoms with van der Waals surface area (Å²) in [7, 11) is 0. The van der Waals surface area contributed by atoms with Crippen LogP contribution in [0.3, 0.4) is 0 Å². The standard InChI is InChI=1S/C19H26N2O/c1-2-13-11-21-10-9-16-15-5-3-4-6-17(15)20-18(16)8-7-14(12-21)19(13)22/h3-6,13-14,19-20,22H,2,7-12H2,1H3/t13-,14+,19-/m0/s1. The summed E-state index contributed by atoms with van der Waals surface area (Å²) in [6.45, 7) is 5.46. The molecule has 1 unspecified atom stereocenters. The van der Waals surface area contributed by atoms with Gasteiger partial charge in [-0.2, -0.15) is 0 Å². The Labute approximate surface area is 132 Å². The summed E-state index contributed by atoms with van der Waals surface area (Å²) in [6.07, 6.45) is 4.25. The van der Waals surface area contributed by atoms with E-state index in [0.717, 1.165) is 45.3 Å². The van der Waals surface area contributed by atoms with E-state index in [2.05, 4.69) is 41.1 Å². The molecular formula is C19H26N2O. The first kappa shape index (κ1) is 14.3. The topological polar surface area (TPSA) is 39.3 Å². The van der Waals surface area contributed by atoms with E-state index in [-0.39, 0.29) is 6.10 Å². The Hall–Kier alpha value is -1.32. The van der Waals surface area contributed by atoms with Crippen LogP contribution in [0, 0.1) is 11.8 Å². The molecule has 22 heavy (non-hydrogen) atoms. The van der Waals surface area contributed by atoms with Gasteiger partial charge in [-0.05, 0) is 49.1 Å². The third-order valence-electron chi connectivity index (χ3n) is 5.82. The first-order chi connectivity index (χ1) is 10.8. The summed E-state index contributed by atoms with van der Waals surface area (Å²) in [6, 6.07) is 8.66. The molecule has 0 amide bonds. The number of aromatic amines is 1. The Kier molecular flexibility index (Phi) is 3.71. The molecule has 4 rings (SSSR count). The van der Waals surface area contributed by atoms with Crippen LogP contribution in [0.2, 0.25) is 0 Å². The van der Waals surface area contributed by atoms with Crippen LogP contribution in [0.25, 0.3) is 10.9 Å². The molecule has 0 radical (unpaired) electrons. The summed E-state index contributed by atoms with van der Waals surface area (Å²) < 4.78 is 0. The lowest BCUT2D eigenvalue weighted by Crippen LogP contribution is -2.49.